The molecule has 0 unspecified atom stereocenters. The first-order valence-electron chi connectivity index (χ1n) is 9.43. The molecule has 1 aromatic heterocycles. The van der Waals surface area contributed by atoms with Gasteiger partial charge in [0.15, 0.2) is 0 Å². The molecule has 0 fully saturated rings. The van der Waals surface area contributed by atoms with E-state index in [1.54, 1.807) is 24.3 Å². The van der Waals surface area contributed by atoms with Crippen molar-refractivity contribution in [2.45, 2.75) is 12.8 Å². The van der Waals surface area contributed by atoms with E-state index < -0.39 is 0 Å². The first-order chi connectivity index (χ1) is 14.2. The average molecular weight is 421 g/mol. The minimum absolute atomic E-state index is 0.330. The molecule has 3 aromatic rings. The Morgan fingerprint density at radius 3 is 2.38 bits per heavy atom. The summed E-state index contributed by atoms with van der Waals surface area (Å²) >= 11 is 7.81. The Bertz CT molecular complexity index is 1150. The number of hydrogen-bond acceptors (Lipinski definition) is 4. The van der Waals surface area contributed by atoms with E-state index in [0.717, 1.165) is 23.4 Å². The van der Waals surface area contributed by atoms with Crippen LogP contribution in [0.1, 0.15) is 16.9 Å². The van der Waals surface area contributed by atoms with E-state index in [-0.39, 0.29) is 11.8 Å². The van der Waals surface area contributed by atoms with E-state index in [9.17, 15) is 9.59 Å². The molecule has 0 saturated heterocycles. The summed E-state index contributed by atoms with van der Waals surface area (Å²) in [5.74, 6) is -0.660. The Hall–Kier alpha value is -2.89. The molecule has 6 heteroatoms. The number of thiophene rings is 1. The first kappa shape index (κ1) is 18.2. The highest BCUT2D eigenvalue weighted by Crippen LogP contribution is 2.41. The number of fused-ring (bicyclic) bond motifs is 1. The Morgan fingerprint density at radius 2 is 1.62 bits per heavy atom. The van der Waals surface area contributed by atoms with Crippen molar-refractivity contribution in [3.63, 3.8) is 0 Å². The van der Waals surface area contributed by atoms with Crippen LogP contribution in [0.4, 0.5) is 11.4 Å². The van der Waals surface area contributed by atoms with Crippen molar-refractivity contribution in [3.8, 4) is 0 Å². The van der Waals surface area contributed by atoms with Crippen molar-refractivity contribution >= 4 is 51.7 Å². The summed E-state index contributed by atoms with van der Waals surface area (Å²) < 4.78 is 0. The van der Waals surface area contributed by atoms with E-state index in [2.05, 4.69) is 6.07 Å². The van der Waals surface area contributed by atoms with Crippen molar-refractivity contribution in [1.29, 1.82) is 0 Å². The third-order valence-electron chi connectivity index (χ3n) is 5.30. The van der Waals surface area contributed by atoms with Gasteiger partial charge in [-0.3, -0.25) is 9.59 Å². The fourth-order valence-corrected chi connectivity index (χ4v) is 5.01. The van der Waals surface area contributed by atoms with Gasteiger partial charge in [0.1, 0.15) is 5.70 Å². The molecule has 0 atom stereocenters. The molecule has 2 aliphatic rings. The fraction of sp³-hybridized carbons (Fsp3) is 0.130. The van der Waals surface area contributed by atoms with Gasteiger partial charge in [0, 0.05) is 17.1 Å². The van der Waals surface area contributed by atoms with E-state index in [4.69, 9.17) is 11.6 Å². The van der Waals surface area contributed by atoms with Crippen molar-refractivity contribution in [3.05, 3.63) is 87.2 Å². The monoisotopic (exact) mass is 420 g/mol. The van der Waals surface area contributed by atoms with Gasteiger partial charge in [-0.25, -0.2) is 4.90 Å². The first-order valence-corrected chi connectivity index (χ1v) is 10.7. The molecule has 0 spiro atoms. The molecule has 2 amide bonds. The minimum Gasteiger partial charge on any atom is -0.336 e. The second-order valence-corrected chi connectivity index (χ2v) is 8.34. The van der Waals surface area contributed by atoms with Crippen molar-refractivity contribution in [2.24, 2.45) is 0 Å². The smallest absolute Gasteiger partial charge is 0.282 e. The van der Waals surface area contributed by atoms with Gasteiger partial charge in [-0.15, -0.1) is 11.3 Å². The van der Waals surface area contributed by atoms with Gasteiger partial charge in [0.2, 0.25) is 0 Å². The second kappa shape index (κ2) is 7.17. The van der Waals surface area contributed by atoms with Crippen LogP contribution in [-0.2, 0) is 16.0 Å². The molecule has 2 aromatic carbocycles. The molecule has 5 rings (SSSR count). The van der Waals surface area contributed by atoms with Crippen LogP contribution in [0.15, 0.2) is 71.7 Å². The van der Waals surface area contributed by atoms with E-state index in [1.165, 1.54) is 21.8 Å². The zero-order valence-corrected chi connectivity index (χ0v) is 17.0. The number of amides is 2. The third-order valence-corrected chi connectivity index (χ3v) is 6.51. The number of carbonyl (C=O) groups is 2. The summed E-state index contributed by atoms with van der Waals surface area (Å²) in [6.07, 6.45) is 1.89. The Morgan fingerprint density at radius 1 is 0.862 bits per heavy atom. The van der Waals surface area contributed by atoms with Gasteiger partial charge in [0.25, 0.3) is 11.8 Å². The number of carbonyl (C=O) groups excluding carboxylic acids is 2. The molecule has 2 aliphatic heterocycles. The highest BCUT2D eigenvalue weighted by Gasteiger charge is 2.44. The van der Waals surface area contributed by atoms with Gasteiger partial charge in [-0.2, -0.15) is 0 Å². The van der Waals surface area contributed by atoms with E-state index in [0.29, 0.717) is 28.5 Å². The van der Waals surface area contributed by atoms with Crippen LogP contribution in [0.2, 0.25) is 5.02 Å². The second-order valence-electron chi connectivity index (χ2n) is 6.98. The molecule has 29 heavy (non-hydrogen) atoms. The normalized spacial score (nSPS) is 16.6. The maximum absolute atomic E-state index is 13.6. The lowest BCUT2D eigenvalue weighted by Crippen LogP contribution is -2.37. The number of aryl methyl sites for hydroxylation is 1. The summed E-state index contributed by atoms with van der Waals surface area (Å²) in [6, 6.07) is 18.8. The number of halogens is 1. The Balaban J connectivity index is 1.70. The van der Waals surface area contributed by atoms with Gasteiger partial charge in [-0.1, -0.05) is 48.0 Å². The lowest BCUT2D eigenvalue weighted by molar-refractivity contribution is -0.120. The third kappa shape index (κ3) is 2.89. The summed E-state index contributed by atoms with van der Waals surface area (Å²) in [5.41, 5.74) is 3.47. The molecule has 0 N–H and O–H groups in total. The number of hydrogen-bond donors (Lipinski definition) is 0. The molecular weight excluding hydrogens is 404 g/mol. The summed E-state index contributed by atoms with van der Waals surface area (Å²) in [6.45, 7) is 0.691. The minimum atomic E-state index is -0.330. The van der Waals surface area contributed by atoms with Gasteiger partial charge >= 0.3 is 0 Å². The van der Waals surface area contributed by atoms with Gasteiger partial charge in [0.05, 0.1) is 16.3 Å². The maximum atomic E-state index is 13.6. The highest BCUT2D eigenvalue weighted by atomic mass is 35.5. The van der Waals surface area contributed by atoms with Crippen molar-refractivity contribution in [1.82, 2.24) is 0 Å². The molecular formula is C23H17ClN2O2S. The maximum Gasteiger partial charge on any atom is 0.282 e. The molecule has 0 aliphatic carbocycles. The molecule has 0 radical (unpaired) electrons. The fourth-order valence-electron chi connectivity index (χ4n) is 4.03. The number of imide groups is 1. The van der Waals surface area contributed by atoms with Gasteiger partial charge < -0.3 is 4.90 Å². The zero-order valence-electron chi connectivity index (χ0n) is 15.5. The average Bonchev–Trinajstić information content (AvgIpc) is 3.35. The molecule has 0 saturated carbocycles. The summed E-state index contributed by atoms with van der Waals surface area (Å²) in [5, 5.41) is 2.29. The molecule has 0 bridgehead atoms. The number of anilines is 2. The van der Waals surface area contributed by atoms with Crippen LogP contribution in [-0.4, -0.2) is 18.4 Å². The number of rotatable bonds is 3. The van der Waals surface area contributed by atoms with Crippen LogP contribution in [0.25, 0.3) is 5.57 Å². The topological polar surface area (TPSA) is 40.6 Å². The lowest BCUT2D eigenvalue weighted by atomic mass is 10.00. The van der Waals surface area contributed by atoms with Crippen LogP contribution in [0.3, 0.4) is 0 Å². The van der Waals surface area contributed by atoms with Gasteiger partial charge in [-0.05, 0) is 48.1 Å². The van der Waals surface area contributed by atoms with Crippen LogP contribution >= 0.6 is 22.9 Å². The SMILES string of the molecule is O=C1C(c2cccs2)=C(N2CCCc3ccccc32)C(=O)N1c1ccccc1Cl. The van der Waals surface area contributed by atoms with Crippen LogP contribution < -0.4 is 9.80 Å². The number of nitrogens with zero attached hydrogens (tertiary/aromatic N) is 2. The van der Waals surface area contributed by atoms with Crippen LogP contribution in [0.5, 0.6) is 0 Å². The molecule has 144 valence electrons. The Labute approximate surface area is 177 Å². The Kier molecular flexibility index (Phi) is 4.49. The largest absolute Gasteiger partial charge is 0.336 e. The van der Waals surface area contributed by atoms with E-state index >= 15 is 0 Å². The van der Waals surface area contributed by atoms with Crippen molar-refractivity contribution < 1.29 is 9.59 Å². The van der Waals surface area contributed by atoms with E-state index in [1.807, 2.05) is 40.6 Å². The quantitative estimate of drug-likeness (QED) is 0.551. The lowest BCUT2D eigenvalue weighted by Gasteiger charge is -2.32. The predicted octanol–water partition coefficient (Wildman–Crippen LogP) is 5.14. The van der Waals surface area contributed by atoms with Crippen molar-refractivity contribution in [2.75, 3.05) is 16.3 Å². The number of para-hydroxylation sites is 2. The predicted molar refractivity (Wildman–Crippen MR) is 117 cm³/mol. The zero-order chi connectivity index (χ0) is 20.0. The molecule has 3 heterocycles. The molecule has 4 nitrogen and oxygen atoms in total. The standard InChI is InChI=1S/C23H17ClN2O2S/c24-16-9-2-4-11-18(16)26-22(27)20(19-12-6-14-29-19)21(23(26)28)25-13-5-8-15-7-1-3-10-17(15)25/h1-4,6-7,9-12,14H,5,8,13H2. The summed E-state index contributed by atoms with van der Waals surface area (Å²) in [7, 11) is 0. The van der Waals surface area contributed by atoms with Crippen LogP contribution in [0, 0.1) is 0 Å². The summed E-state index contributed by atoms with van der Waals surface area (Å²) in [4.78, 5) is 31.1. The number of benzene rings is 2. The highest BCUT2D eigenvalue weighted by molar-refractivity contribution is 7.11.